The molecule has 1 amide bonds. The number of carboxylic acid groups (broad SMARTS) is 1. The van der Waals surface area contributed by atoms with E-state index in [0.717, 1.165) is 35.9 Å². The van der Waals surface area contributed by atoms with Crippen LogP contribution in [0.1, 0.15) is 45.3 Å². The van der Waals surface area contributed by atoms with Gasteiger partial charge in [0.1, 0.15) is 5.76 Å². The van der Waals surface area contributed by atoms with Gasteiger partial charge in [-0.15, -0.1) is 11.8 Å². The molecule has 0 aromatic carbocycles. The third-order valence-corrected chi connectivity index (χ3v) is 6.39. The third-order valence-electron chi connectivity index (χ3n) is 4.30. The van der Waals surface area contributed by atoms with Crippen LogP contribution in [0.4, 0.5) is 18.3 Å². The van der Waals surface area contributed by atoms with Gasteiger partial charge in [-0.25, -0.2) is 14.8 Å². The largest absolute Gasteiger partial charge is 0.490 e. The molecule has 0 bridgehead atoms. The molecule has 0 aliphatic carbocycles. The SMILES string of the molecule is CC(C)(C)c1cnc(CSc2cnc(NC(=O)C3CCNCC3)s2)o1.O=C(O)C(F)(F)F. The molecule has 2 aromatic heterocycles. The second-order valence-electron chi connectivity index (χ2n) is 7.96. The number of aromatic nitrogens is 2. The predicted octanol–water partition coefficient (Wildman–Crippen LogP) is 4.29. The number of rotatable bonds is 5. The van der Waals surface area contributed by atoms with Gasteiger partial charge < -0.3 is 20.2 Å². The van der Waals surface area contributed by atoms with Gasteiger partial charge in [-0.3, -0.25) is 4.79 Å². The zero-order valence-corrected chi connectivity index (χ0v) is 19.4. The number of amides is 1. The molecule has 32 heavy (non-hydrogen) atoms. The van der Waals surface area contributed by atoms with Gasteiger partial charge in [0, 0.05) is 11.3 Å². The second-order valence-corrected chi connectivity index (χ2v) is 10.3. The highest BCUT2D eigenvalue weighted by atomic mass is 32.2. The molecular formula is C19H25F3N4O4S2. The van der Waals surface area contributed by atoms with Crippen LogP contribution in [0.5, 0.6) is 0 Å². The lowest BCUT2D eigenvalue weighted by molar-refractivity contribution is -0.192. The number of nitrogens with one attached hydrogen (secondary N) is 2. The highest BCUT2D eigenvalue weighted by molar-refractivity contribution is 8.00. The van der Waals surface area contributed by atoms with Crippen LogP contribution >= 0.6 is 23.1 Å². The maximum Gasteiger partial charge on any atom is 0.490 e. The molecule has 0 spiro atoms. The summed E-state index contributed by atoms with van der Waals surface area (Å²) in [6, 6.07) is 0. The van der Waals surface area contributed by atoms with E-state index in [1.807, 2.05) is 0 Å². The number of aliphatic carboxylic acids is 1. The van der Waals surface area contributed by atoms with E-state index in [1.165, 1.54) is 11.3 Å². The summed E-state index contributed by atoms with van der Waals surface area (Å²) in [5.74, 6) is -0.335. The Bertz CT molecular complexity index is 903. The molecule has 3 heterocycles. The van der Waals surface area contributed by atoms with Crippen LogP contribution in [0.15, 0.2) is 21.0 Å². The Morgan fingerprint density at radius 1 is 1.25 bits per heavy atom. The van der Waals surface area contributed by atoms with Crippen LogP contribution in [0.3, 0.4) is 0 Å². The summed E-state index contributed by atoms with van der Waals surface area (Å²) in [6.07, 6.45) is 0.284. The van der Waals surface area contributed by atoms with Crippen LogP contribution in [0, 0.1) is 5.92 Å². The lowest BCUT2D eigenvalue weighted by atomic mass is 9.94. The lowest BCUT2D eigenvalue weighted by Gasteiger charge is -2.20. The van der Waals surface area contributed by atoms with Crippen LogP contribution in [0.2, 0.25) is 0 Å². The summed E-state index contributed by atoms with van der Waals surface area (Å²) < 4.78 is 38.6. The number of anilines is 1. The van der Waals surface area contributed by atoms with Gasteiger partial charge in [0.25, 0.3) is 0 Å². The van der Waals surface area contributed by atoms with Gasteiger partial charge in [-0.1, -0.05) is 32.1 Å². The van der Waals surface area contributed by atoms with Crippen LogP contribution < -0.4 is 10.6 Å². The zero-order chi connectivity index (χ0) is 23.9. The summed E-state index contributed by atoms with van der Waals surface area (Å²) in [6.45, 7) is 8.12. The van der Waals surface area contributed by atoms with Gasteiger partial charge in [-0.2, -0.15) is 13.2 Å². The van der Waals surface area contributed by atoms with E-state index >= 15 is 0 Å². The van der Waals surface area contributed by atoms with Crippen molar-refractivity contribution in [2.24, 2.45) is 5.92 Å². The number of piperidine rings is 1. The molecule has 8 nitrogen and oxygen atoms in total. The number of hydrogen-bond acceptors (Lipinski definition) is 8. The Hall–Kier alpha value is -2.12. The van der Waals surface area contributed by atoms with Crippen molar-refractivity contribution in [2.75, 3.05) is 18.4 Å². The van der Waals surface area contributed by atoms with Crippen molar-refractivity contribution in [3.63, 3.8) is 0 Å². The lowest BCUT2D eigenvalue weighted by Crippen LogP contribution is -2.34. The minimum Gasteiger partial charge on any atom is -0.475 e. The van der Waals surface area contributed by atoms with E-state index in [9.17, 15) is 18.0 Å². The fourth-order valence-electron chi connectivity index (χ4n) is 2.53. The minimum atomic E-state index is -5.08. The van der Waals surface area contributed by atoms with E-state index < -0.39 is 12.1 Å². The molecule has 0 saturated carbocycles. The molecule has 0 radical (unpaired) electrons. The standard InChI is InChI=1S/C17H24N4O2S2.C2HF3O2/c1-17(2,3)12-8-19-13(23-12)10-24-14-9-20-16(25-14)21-15(22)11-4-6-18-7-5-11;3-2(4,5)1(6)7/h8-9,11,18H,4-7,10H2,1-3H3,(H,20,21,22);(H,6,7). The average Bonchev–Trinajstić information content (AvgIpc) is 3.36. The number of thiazole rings is 1. The van der Waals surface area contributed by atoms with Crippen molar-refractivity contribution in [1.29, 1.82) is 0 Å². The van der Waals surface area contributed by atoms with Gasteiger partial charge >= 0.3 is 12.1 Å². The molecule has 13 heteroatoms. The zero-order valence-electron chi connectivity index (χ0n) is 17.8. The highest BCUT2D eigenvalue weighted by Crippen LogP contribution is 2.32. The van der Waals surface area contributed by atoms with Gasteiger partial charge in [0.05, 0.1) is 22.4 Å². The molecule has 1 aliphatic heterocycles. The van der Waals surface area contributed by atoms with Crippen LogP contribution in [-0.4, -0.2) is 46.2 Å². The van der Waals surface area contributed by atoms with Crippen LogP contribution in [0.25, 0.3) is 0 Å². The van der Waals surface area contributed by atoms with Crippen molar-refractivity contribution in [2.45, 2.75) is 55.2 Å². The highest BCUT2D eigenvalue weighted by Gasteiger charge is 2.38. The first-order valence-electron chi connectivity index (χ1n) is 9.71. The van der Waals surface area contributed by atoms with E-state index in [4.69, 9.17) is 14.3 Å². The minimum absolute atomic E-state index is 0.0352. The number of thioether (sulfide) groups is 1. The van der Waals surface area contributed by atoms with Gasteiger partial charge in [0.2, 0.25) is 11.8 Å². The monoisotopic (exact) mass is 494 g/mol. The molecule has 0 atom stereocenters. The Morgan fingerprint density at radius 3 is 2.41 bits per heavy atom. The van der Waals surface area contributed by atoms with Crippen LogP contribution in [-0.2, 0) is 20.8 Å². The van der Waals surface area contributed by atoms with E-state index in [-0.39, 0.29) is 17.2 Å². The molecule has 0 unspecified atom stereocenters. The molecule has 2 aromatic rings. The Morgan fingerprint density at radius 2 is 1.88 bits per heavy atom. The first kappa shape index (κ1) is 26.1. The molecule has 3 rings (SSSR count). The molecule has 178 valence electrons. The summed E-state index contributed by atoms with van der Waals surface area (Å²) in [7, 11) is 0. The number of alkyl halides is 3. The number of hydrogen-bond donors (Lipinski definition) is 3. The van der Waals surface area contributed by atoms with Crippen molar-refractivity contribution in [1.82, 2.24) is 15.3 Å². The van der Waals surface area contributed by atoms with Crippen molar-refractivity contribution in [3.8, 4) is 0 Å². The second kappa shape index (κ2) is 11.1. The fourth-order valence-corrected chi connectivity index (χ4v) is 4.26. The van der Waals surface area contributed by atoms with Gasteiger partial charge in [0.15, 0.2) is 5.13 Å². The average molecular weight is 495 g/mol. The topological polar surface area (TPSA) is 117 Å². The predicted molar refractivity (Wildman–Crippen MR) is 115 cm³/mol. The molecular weight excluding hydrogens is 469 g/mol. The summed E-state index contributed by atoms with van der Waals surface area (Å²) >= 11 is 3.11. The maximum atomic E-state index is 12.2. The quantitative estimate of drug-likeness (QED) is 0.527. The first-order valence-corrected chi connectivity index (χ1v) is 11.5. The van der Waals surface area contributed by atoms with Crippen molar-refractivity contribution >= 4 is 40.1 Å². The number of carbonyl (C=O) groups is 2. The third kappa shape index (κ3) is 8.43. The fraction of sp³-hybridized carbons (Fsp3) is 0.579. The molecule has 1 aliphatic rings. The van der Waals surface area contributed by atoms with E-state index in [0.29, 0.717) is 16.8 Å². The van der Waals surface area contributed by atoms with E-state index in [1.54, 1.807) is 24.2 Å². The summed E-state index contributed by atoms with van der Waals surface area (Å²) in [5, 5.41) is 14.0. The van der Waals surface area contributed by atoms with E-state index in [2.05, 4.69) is 41.4 Å². The molecule has 1 saturated heterocycles. The van der Waals surface area contributed by atoms with Gasteiger partial charge in [-0.05, 0) is 25.9 Å². The number of nitrogens with zero attached hydrogens (tertiary/aromatic N) is 2. The van der Waals surface area contributed by atoms with Crippen molar-refractivity contribution < 1.29 is 32.3 Å². The van der Waals surface area contributed by atoms with Crippen molar-refractivity contribution in [3.05, 3.63) is 24.0 Å². The maximum absolute atomic E-state index is 12.2. The number of halogens is 3. The normalized spacial score (nSPS) is 15.1. The smallest absolute Gasteiger partial charge is 0.475 e. The molecule has 3 N–H and O–H groups in total. The Balaban J connectivity index is 0.000000451. The Kier molecular flexibility index (Phi) is 9.10. The Labute approximate surface area is 191 Å². The summed E-state index contributed by atoms with van der Waals surface area (Å²) in [4.78, 5) is 29.8. The number of oxazole rings is 1. The molecule has 1 fully saturated rings. The summed E-state index contributed by atoms with van der Waals surface area (Å²) in [5.41, 5.74) is -0.0352. The first-order chi connectivity index (χ1) is 14.9. The number of carbonyl (C=O) groups excluding carboxylic acids is 1. The number of carboxylic acids is 1.